The number of nitrogens with zero attached hydrogens (tertiary/aromatic N) is 1. The van der Waals surface area contributed by atoms with Crippen LogP contribution in [0.5, 0.6) is 5.75 Å². The highest BCUT2D eigenvalue weighted by molar-refractivity contribution is 7.89. The number of hydrogen-bond acceptors (Lipinski definition) is 5. The highest BCUT2D eigenvalue weighted by Crippen LogP contribution is 2.22. The summed E-state index contributed by atoms with van der Waals surface area (Å²) in [4.78, 5) is 12.6. The summed E-state index contributed by atoms with van der Waals surface area (Å²) in [6, 6.07) is 23.0. The first kappa shape index (κ1) is 21.6. The lowest BCUT2D eigenvalue weighted by Crippen LogP contribution is -2.22. The lowest BCUT2D eigenvalue weighted by atomic mass is 10.1. The molecule has 1 aromatic heterocycles. The van der Waals surface area contributed by atoms with Gasteiger partial charge in [0.15, 0.2) is 5.76 Å². The maximum Gasteiger partial charge on any atom is 0.291 e. The highest BCUT2D eigenvalue weighted by Gasteiger charge is 2.17. The van der Waals surface area contributed by atoms with Crippen molar-refractivity contribution in [3.05, 3.63) is 90.4 Å². The minimum atomic E-state index is -3.52. The number of sulfonamides is 1. The van der Waals surface area contributed by atoms with E-state index in [1.165, 1.54) is 38.4 Å². The third-order valence-corrected chi connectivity index (χ3v) is 6.71. The molecular weight excluding hydrogens is 428 g/mol. The second-order valence-corrected chi connectivity index (χ2v) is 9.48. The molecule has 7 nitrogen and oxygen atoms in total. The Labute approximate surface area is 186 Å². The molecule has 0 fully saturated rings. The summed E-state index contributed by atoms with van der Waals surface area (Å²) < 4.78 is 36.8. The monoisotopic (exact) mass is 450 g/mol. The van der Waals surface area contributed by atoms with Crippen molar-refractivity contribution in [1.82, 2.24) is 4.31 Å². The Hall–Kier alpha value is -3.62. The number of carbonyl (C=O) groups is 1. The first-order valence-electron chi connectivity index (χ1n) is 9.87. The second-order valence-electron chi connectivity index (χ2n) is 7.33. The number of amides is 1. The van der Waals surface area contributed by atoms with Gasteiger partial charge in [-0.25, -0.2) is 12.7 Å². The SMILES string of the molecule is CN(C)S(=O)(=O)c1ccc(NC(=O)c2ccc(COc3ccc4ccccc4c3)o2)cc1. The van der Waals surface area contributed by atoms with Gasteiger partial charge < -0.3 is 14.5 Å². The van der Waals surface area contributed by atoms with Gasteiger partial charge in [-0.2, -0.15) is 0 Å². The molecule has 1 amide bonds. The van der Waals surface area contributed by atoms with Gasteiger partial charge in [-0.3, -0.25) is 4.79 Å². The highest BCUT2D eigenvalue weighted by atomic mass is 32.2. The number of hydrogen-bond donors (Lipinski definition) is 1. The summed E-state index contributed by atoms with van der Waals surface area (Å²) in [7, 11) is -0.601. The van der Waals surface area contributed by atoms with Gasteiger partial charge in [0.05, 0.1) is 4.90 Å². The van der Waals surface area contributed by atoms with Crippen LogP contribution in [0.15, 0.2) is 88.2 Å². The number of anilines is 1. The molecule has 8 heteroatoms. The van der Waals surface area contributed by atoms with Gasteiger partial charge in [0, 0.05) is 19.8 Å². The Morgan fingerprint density at radius 2 is 1.66 bits per heavy atom. The van der Waals surface area contributed by atoms with E-state index in [9.17, 15) is 13.2 Å². The molecule has 0 bridgehead atoms. The fourth-order valence-corrected chi connectivity index (χ4v) is 4.00. The average molecular weight is 451 g/mol. The molecule has 0 atom stereocenters. The number of carbonyl (C=O) groups excluding carboxylic acids is 1. The van der Waals surface area contributed by atoms with E-state index in [2.05, 4.69) is 5.32 Å². The van der Waals surface area contributed by atoms with Gasteiger partial charge in [-0.15, -0.1) is 0 Å². The second kappa shape index (κ2) is 8.86. The summed E-state index contributed by atoms with van der Waals surface area (Å²) in [6.07, 6.45) is 0. The molecule has 0 saturated carbocycles. The summed E-state index contributed by atoms with van der Waals surface area (Å²) in [5.74, 6) is 0.909. The van der Waals surface area contributed by atoms with E-state index in [4.69, 9.17) is 9.15 Å². The zero-order valence-electron chi connectivity index (χ0n) is 17.6. The predicted octanol–water partition coefficient (Wildman–Crippen LogP) is 4.51. The van der Waals surface area contributed by atoms with Crippen LogP contribution >= 0.6 is 0 Å². The molecule has 1 N–H and O–H groups in total. The van der Waals surface area contributed by atoms with Crippen LogP contribution in [0.25, 0.3) is 10.8 Å². The first-order valence-corrected chi connectivity index (χ1v) is 11.3. The van der Waals surface area contributed by atoms with Crippen LogP contribution < -0.4 is 10.1 Å². The summed E-state index contributed by atoms with van der Waals surface area (Å²) in [5, 5.41) is 4.90. The molecule has 32 heavy (non-hydrogen) atoms. The van der Waals surface area contributed by atoms with Crippen molar-refractivity contribution in [2.45, 2.75) is 11.5 Å². The smallest absolute Gasteiger partial charge is 0.291 e. The largest absolute Gasteiger partial charge is 0.486 e. The van der Waals surface area contributed by atoms with Crippen molar-refractivity contribution >= 4 is 32.4 Å². The zero-order chi connectivity index (χ0) is 22.7. The average Bonchev–Trinajstić information content (AvgIpc) is 3.27. The number of rotatable bonds is 7. The number of furan rings is 1. The van der Waals surface area contributed by atoms with Crippen LogP contribution in [0.2, 0.25) is 0 Å². The zero-order valence-corrected chi connectivity index (χ0v) is 18.4. The Kier molecular flexibility index (Phi) is 5.98. The van der Waals surface area contributed by atoms with Crippen molar-refractivity contribution < 1.29 is 22.4 Å². The van der Waals surface area contributed by atoms with Crippen molar-refractivity contribution in [1.29, 1.82) is 0 Å². The van der Waals surface area contributed by atoms with Gasteiger partial charge in [-0.05, 0) is 59.3 Å². The van der Waals surface area contributed by atoms with Crippen molar-refractivity contribution in [3.8, 4) is 5.75 Å². The van der Waals surface area contributed by atoms with Crippen molar-refractivity contribution in [2.24, 2.45) is 0 Å². The van der Waals surface area contributed by atoms with Gasteiger partial charge in [0.25, 0.3) is 5.91 Å². The van der Waals surface area contributed by atoms with E-state index in [-0.39, 0.29) is 17.3 Å². The fourth-order valence-electron chi connectivity index (χ4n) is 3.10. The van der Waals surface area contributed by atoms with Gasteiger partial charge in [0.2, 0.25) is 10.0 Å². The van der Waals surface area contributed by atoms with Gasteiger partial charge in [0.1, 0.15) is 18.1 Å². The number of nitrogens with one attached hydrogen (secondary N) is 1. The fraction of sp³-hybridized carbons (Fsp3) is 0.125. The van der Waals surface area contributed by atoms with E-state index in [0.29, 0.717) is 17.2 Å². The quantitative estimate of drug-likeness (QED) is 0.447. The van der Waals surface area contributed by atoms with Crippen LogP contribution in [0.1, 0.15) is 16.3 Å². The maximum atomic E-state index is 12.5. The Balaban J connectivity index is 1.38. The number of fused-ring (bicyclic) bond motifs is 1. The molecule has 0 spiro atoms. The lowest BCUT2D eigenvalue weighted by Gasteiger charge is -2.11. The molecule has 4 rings (SSSR count). The standard InChI is InChI=1S/C24H22N2O5S/c1-26(2)32(28,29)22-12-8-19(9-13-22)25-24(27)23-14-11-21(31-23)16-30-20-10-7-17-5-3-4-6-18(17)15-20/h3-15H,16H2,1-2H3,(H,25,27). The Morgan fingerprint density at radius 3 is 2.38 bits per heavy atom. The van der Waals surface area contributed by atoms with Crippen LogP contribution in [0.3, 0.4) is 0 Å². The van der Waals surface area contributed by atoms with Crippen molar-refractivity contribution in [2.75, 3.05) is 19.4 Å². The molecule has 0 aliphatic carbocycles. The van der Waals surface area contributed by atoms with Crippen LogP contribution in [0, 0.1) is 0 Å². The molecule has 3 aromatic carbocycles. The third-order valence-electron chi connectivity index (χ3n) is 4.88. The summed E-state index contributed by atoms with van der Waals surface area (Å²) in [6.45, 7) is 0.183. The number of benzene rings is 3. The van der Waals surface area contributed by atoms with E-state index in [1.807, 2.05) is 42.5 Å². The van der Waals surface area contributed by atoms with Gasteiger partial charge >= 0.3 is 0 Å². The minimum absolute atomic E-state index is 0.132. The normalized spacial score (nSPS) is 11.6. The molecule has 4 aromatic rings. The van der Waals surface area contributed by atoms with Crippen molar-refractivity contribution in [3.63, 3.8) is 0 Å². The van der Waals surface area contributed by atoms with Crippen LogP contribution in [0.4, 0.5) is 5.69 Å². The van der Waals surface area contributed by atoms with E-state index < -0.39 is 15.9 Å². The molecule has 1 heterocycles. The molecule has 0 aliphatic heterocycles. The molecule has 0 saturated heterocycles. The molecule has 0 aliphatic rings. The van der Waals surface area contributed by atoms with Crippen LogP contribution in [-0.2, 0) is 16.6 Å². The third kappa shape index (κ3) is 4.66. The molecule has 164 valence electrons. The van der Waals surface area contributed by atoms with Crippen LogP contribution in [-0.4, -0.2) is 32.7 Å². The minimum Gasteiger partial charge on any atom is -0.486 e. The molecule has 0 radical (unpaired) electrons. The number of ether oxygens (including phenoxy) is 1. The Morgan fingerprint density at radius 1 is 0.938 bits per heavy atom. The van der Waals surface area contributed by atoms with E-state index >= 15 is 0 Å². The molecular formula is C24H22N2O5S. The Bertz CT molecular complexity index is 1360. The van der Waals surface area contributed by atoms with Gasteiger partial charge in [-0.1, -0.05) is 30.3 Å². The summed E-state index contributed by atoms with van der Waals surface area (Å²) in [5.41, 5.74) is 0.457. The van der Waals surface area contributed by atoms with E-state index in [0.717, 1.165) is 15.1 Å². The lowest BCUT2D eigenvalue weighted by molar-refractivity contribution is 0.0992. The first-order chi connectivity index (χ1) is 15.3. The maximum absolute atomic E-state index is 12.5. The topological polar surface area (TPSA) is 88.9 Å². The van der Waals surface area contributed by atoms with E-state index in [1.54, 1.807) is 12.1 Å². The summed E-state index contributed by atoms with van der Waals surface area (Å²) >= 11 is 0. The molecule has 0 unspecified atom stereocenters. The predicted molar refractivity (Wildman–Crippen MR) is 122 cm³/mol.